The summed E-state index contributed by atoms with van der Waals surface area (Å²) in [6.07, 6.45) is 3.02. The second-order valence-corrected chi connectivity index (χ2v) is 4.55. The first-order valence-electron chi connectivity index (χ1n) is 6.23. The maximum atomic E-state index is 11.8. The van der Waals surface area contributed by atoms with Gasteiger partial charge in [0.05, 0.1) is 6.54 Å². The number of unbranched alkanes of at least 4 members (excludes halogenated alkanes) is 4. The Morgan fingerprint density at radius 3 is 2.25 bits per heavy atom. The number of rotatable bonds is 9. The van der Waals surface area contributed by atoms with Gasteiger partial charge in [0, 0.05) is 0 Å². The van der Waals surface area contributed by atoms with Gasteiger partial charge in [0.15, 0.2) is 0 Å². The van der Waals surface area contributed by atoms with E-state index in [0.29, 0.717) is 12.5 Å². The van der Waals surface area contributed by atoms with Gasteiger partial charge >= 0.3 is 6.18 Å². The monoisotopic (exact) mass is 239 g/mol. The summed E-state index contributed by atoms with van der Waals surface area (Å²) < 4.78 is 35.5. The van der Waals surface area contributed by atoms with Crippen LogP contribution in [0.3, 0.4) is 0 Å². The van der Waals surface area contributed by atoms with E-state index in [1.54, 1.807) is 0 Å². The smallest absolute Gasteiger partial charge is 0.308 e. The lowest BCUT2D eigenvalue weighted by molar-refractivity contribution is -0.125. The summed E-state index contributed by atoms with van der Waals surface area (Å²) in [5.74, 6) is 0.337. The van der Waals surface area contributed by atoms with Crippen LogP contribution in [0.2, 0.25) is 0 Å². The van der Waals surface area contributed by atoms with Crippen LogP contribution >= 0.6 is 0 Å². The average Bonchev–Trinajstić information content (AvgIpc) is 2.15. The topological polar surface area (TPSA) is 12.0 Å². The summed E-state index contributed by atoms with van der Waals surface area (Å²) in [4.78, 5) is 0. The molecule has 0 spiro atoms. The molecule has 0 aromatic rings. The fourth-order valence-electron chi connectivity index (χ4n) is 1.66. The van der Waals surface area contributed by atoms with Crippen LogP contribution in [-0.4, -0.2) is 19.3 Å². The van der Waals surface area contributed by atoms with E-state index in [4.69, 9.17) is 0 Å². The van der Waals surface area contributed by atoms with E-state index in [-0.39, 0.29) is 0 Å². The molecule has 1 nitrogen and oxygen atoms in total. The second-order valence-electron chi connectivity index (χ2n) is 4.55. The van der Waals surface area contributed by atoms with Crippen LogP contribution in [0.25, 0.3) is 0 Å². The van der Waals surface area contributed by atoms with Crippen LogP contribution in [0.1, 0.15) is 52.4 Å². The molecule has 0 aromatic carbocycles. The standard InChI is InChI=1S/C12H24F3N/c1-3-4-5-6-7-8-11(2)9-16-10-12(13,14)15/h11,16H,3-10H2,1-2H3. The van der Waals surface area contributed by atoms with Crippen molar-refractivity contribution in [2.45, 2.75) is 58.5 Å². The molecule has 0 saturated carbocycles. The van der Waals surface area contributed by atoms with Crippen LogP contribution in [-0.2, 0) is 0 Å². The molecule has 16 heavy (non-hydrogen) atoms. The van der Waals surface area contributed by atoms with Crippen molar-refractivity contribution in [3.05, 3.63) is 0 Å². The van der Waals surface area contributed by atoms with E-state index in [1.165, 1.54) is 25.7 Å². The molecule has 1 atom stereocenters. The number of halogens is 3. The minimum absolute atomic E-state index is 0.337. The third kappa shape index (κ3) is 11.8. The molecule has 0 aliphatic carbocycles. The Kier molecular flexibility index (Phi) is 8.71. The molecule has 0 radical (unpaired) electrons. The second kappa shape index (κ2) is 8.85. The van der Waals surface area contributed by atoms with E-state index in [9.17, 15) is 13.2 Å². The molecule has 0 aliphatic rings. The molecule has 98 valence electrons. The van der Waals surface area contributed by atoms with E-state index in [2.05, 4.69) is 12.2 Å². The van der Waals surface area contributed by atoms with Crippen molar-refractivity contribution in [3.63, 3.8) is 0 Å². The van der Waals surface area contributed by atoms with Gasteiger partial charge in [-0.05, 0) is 18.9 Å². The van der Waals surface area contributed by atoms with Gasteiger partial charge in [0.2, 0.25) is 0 Å². The minimum atomic E-state index is -4.08. The van der Waals surface area contributed by atoms with E-state index >= 15 is 0 Å². The normalized spacial score (nSPS) is 14.1. The van der Waals surface area contributed by atoms with Gasteiger partial charge in [-0.25, -0.2) is 0 Å². The Morgan fingerprint density at radius 1 is 1.06 bits per heavy atom. The number of hydrogen-bond donors (Lipinski definition) is 1. The molecule has 0 aliphatic heterocycles. The fourth-order valence-corrected chi connectivity index (χ4v) is 1.66. The molecule has 0 fully saturated rings. The first-order chi connectivity index (χ1) is 7.45. The van der Waals surface area contributed by atoms with Gasteiger partial charge < -0.3 is 5.32 Å². The third-order valence-corrected chi connectivity index (χ3v) is 2.62. The predicted molar refractivity (Wildman–Crippen MR) is 61.5 cm³/mol. The SMILES string of the molecule is CCCCCCCC(C)CNCC(F)(F)F. The zero-order valence-electron chi connectivity index (χ0n) is 10.4. The quantitative estimate of drug-likeness (QED) is 0.596. The highest BCUT2D eigenvalue weighted by molar-refractivity contribution is 4.61. The first-order valence-corrected chi connectivity index (χ1v) is 6.23. The molecule has 0 aromatic heterocycles. The van der Waals surface area contributed by atoms with E-state index in [1.807, 2.05) is 6.92 Å². The van der Waals surface area contributed by atoms with Crippen LogP contribution in [0.5, 0.6) is 0 Å². The molecule has 1 unspecified atom stereocenters. The highest BCUT2D eigenvalue weighted by atomic mass is 19.4. The largest absolute Gasteiger partial charge is 0.401 e. The minimum Gasteiger partial charge on any atom is -0.308 e. The van der Waals surface area contributed by atoms with Gasteiger partial charge in [-0.15, -0.1) is 0 Å². The maximum absolute atomic E-state index is 11.8. The lowest BCUT2D eigenvalue weighted by Crippen LogP contribution is -2.31. The molecule has 4 heteroatoms. The zero-order chi connectivity index (χ0) is 12.4. The zero-order valence-corrected chi connectivity index (χ0v) is 10.4. The summed E-state index contributed by atoms with van der Waals surface area (Å²) in [6.45, 7) is 3.77. The lowest BCUT2D eigenvalue weighted by atomic mass is 10.0. The highest BCUT2D eigenvalue weighted by Gasteiger charge is 2.26. The molecule has 0 heterocycles. The van der Waals surface area contributed by atoms with E-state index in [0.717, 1.165) is 12.8 Å². The number of alkyl halides is 3. The van der Waals surface area contributed by atoms with Crippen molar-refractivity contribution in [2.24, 2.45) is 5.92 Å². The molecule has 0 bridgehead atoms. The lowest BCUT2D eigenvalue weighted by Gasteiger charge is -2.13. The van der Waals surface area contributed by atoms with Gasteiger partial charge in [-0.1, -0.05) is 46.0 Å². The van der Waals surface area contributed by atoms with Crippen LogP contribution in [0.15, 0.2) is 0 Å². The summed E-state index contributed by atoms with van der Waals surface area (Å²) in [5.41, 5.74) is 0. The fraction of sp³-hybridized carbons (Fsp3) is 1.00. The van der Waals surface area contributed by atoms with Crippen molar-refractivity contribution in [2.75, 3.05) is 13.1 Å². The van der Waals surface area contributed by atoms with Crippen molar-refractivity contribution < 1.29 is 13.2 Å². The van der Waals surface area contributed by atoms with Gasteiger partial charge in [0.1, 0.15) is 0 Å². The van der Waals surface area contributed by atoms with Crippen molar-refractivity contribution in [3.8, 4) is 0 Å². The number of hydrogen-bond acceptors (Lipinski definition) is 1. The van der Waals surface area contributed by atoms with Crippen molar-refractivity contribution in [1.29, 1.82) is 0 Å². The van der Waals surface area contributed by atoms with Crippen molar-refractivity contribution >= 4 is 0 Å². The Morgan fingerprint density at radius 2 is 1.69 bits per heavy atom. The molecule has 1 N–H and O–H groups in total. The Labute approximate surface area is 96.8 Å². The third-order valence-electron chi connectivity index (χ3n) is 2.62. The van der Waals surface area contributed by atoms with Crippen molar-refractivity contribution in [1.82, 2.24) is 5.32 Å². The Balaban J connectivity index is 3.28. The van der Waals surface area contributed by atoms with Crippen LogP contribution in [0.4, 0.5) is 13.2 Å². The Bertz CT molecular complexity index is 157. The maximum Gasteiger partial charge on any atom is 0.401 e. The predicted octanol–water partition coefficient (Wildman–Crippen LogP) is 4.13. The highest BCUT2D eigenvalue weighted by Crippen LogP contribution is 2.14. The first kappa shape index (κ1) is 15.8. The summed E-state index contributed by atoms with van der Waals surface area (Å²) in [5, 5.41) is 2.45. The Hall–Kier alpha value is -0.250. The summed E-state index contributed by atoms with van der Waals surface area (Å²) in [7, 11) is 0. The van der Waals surface area contributed by atoms with E-state index < -0.39 is 12.7 Å². The molecule has 0 rings (SSSR count). The van der Waals surface area contributed by atoms with Gasteiger partial charge in [0.25, 0.3) is 0 Å². The molecular weight excluding hydrogens is 215 g/mol. The van der Waals surface area contributed by atoms with Gasteiger partial charge in [-0.2, -0.15) is 13.2 Å². The average molecular weight is 239 g/mol. The summed E-state index contributed by atoms with van der Waals surface area (Å²) in [6, 6.07) is 0. The molecular formula is C12H24F3N. The molecule has 0 amide bonds. The van der Waals surface area contributed by atoms with Crippen LogP contribution < -0.4 is 5.32 Å². The molecule has 0 saturated heterocycles. The summed E-state index contributed by atoms with van der Waals surface area (Å²) >= 11 is 0. The number of nitrogens with one attached hydrogen (secondary N) is 1. The van der Waals surface area contributed by atoms with Crippen LogP contribution in [0, 0.1) is 5.92 Å². The van der Waals surface area contributed by atoms with Gasteiger partial charge in [-0.3, -0.25) is 0 Å².